The van der Waals surface area contributed by atoms with Gasteiger partial charge in [-0.2, -0.15) is 0 Å². The molecule has 0 aliphatic heterocycles. The quantitative estimate of drug-likeness (QED) is 0.277. The Kier molecular flexibility index (Phi) is 44.1. The smallest absolute Gasteiger partial charge is 1.00 e. The van der Waals surface area contributed by atoms with Crippen LogP contribution in [0.5, 0.6) is 0 Å². The zero-order valence-electron chi connectivity index (χ0n) is 4.95. The van der Waals surface area contributed by atoms with E-state index in [1.54, 1.807) is 0 Å². The summed E-state index contributed by atoms with van der Waals surface area (Å²) < 4.78 is 8.88. The van der Waals surface area contributed by atoms with Crippen molar-refractivity contribution in [2.75, 3.05) is 0 Å². The van der Waals surface area contributed by atoms with Gasteiger partial charge in [0.05, 0.1) is 0 Å². The van der Waals surface area contributed by atoms with E-state index >= 15 is 0 Å². The van der Waals surface area contributed by atoms with Crippen molar-refractivity contribution in [3.63, 3.8) is 0 Å². The van der Waals surface area contributed by atoms with Crippen LogP contribution < -0.4 is 83.9 Å². The Morgan fingerprint density at radius 3 is 0.889 bits per heavy atom. The number of hydrogen-bond donors (Lipinski definition) is 3. The first kappa shape index (κ1) is 29.8. The molecule has 0 aliphatic rings. The summed E-state index contributed by atoms with van der Waals surface area (Å²) in [6.45, 7) is 0. The van der Waals surface area contributed by atoms with Gasteiger partial charge in [-0.15, -0.1) is 0 Å². The molecule has 0 atom stereocenters. The zero-order valence-corrected chi connectivity index (χ0v) is 11.4. The van der Waals surface area contributed by atoms with E-state index in [9.17, 15) is 0 Å². The van der Waals surface area contributed by atoms with Gasteiger partial charge in [-0.25, -0.2) is 4.57 Å². The van der Waals surface area contributed by atoms with Gasteiger partial charge in [-0.3, -0.25) is 0 Å². The first-order chi connectivity index (χ1) is 2.00. The van der Waals surface area contributed by atoms with Crippen LogP contribution >= 0.6 is 7.82 Å². The summed E-state index contributed by atoms with van der Waals surface area (Å²) in [5.41, 5.74) is 0. The predicted octanol–water partition coefficient (Wildman–Crippen LogP) is -12.9. The van der Waals surface area contributed by atoms with Crippen molar-refractivity contribution < 1.29 is 103 Å². The van der Waals surface area contributed by atoms with Crippen molar-refractivity contribution >= 4 is 7.82 Å². The van der Waals surface area contributed by atoms with Crippen LogP contribution in [-0.4, -0.2) is 14.7 Å². The molecule has 0 aromatic rings. The van der Waals surface area contributed by atoms with E-state index in [2.05, 4.69) is 0 Å². The molecule has 0 spiro atoms. The van der Waals surface area contributed by atoms with Crippen molar-refractivity contribution in [2.24, 2.45) is 0 Å². The minimum atomic E-state index is -4.64. The number of phosphoric acid groups is 1. The molecule has 0 aromatic carbocycles. The van der Waals surface area contributed by atoms with Crippen LogP contribution in [0.2, 0.25) is 0 Å². The van der Waals surface area contributed by atoms with Crippen LogP contribution in [0.4, 0.5) is 0 Å². The Morgan fingerprint density at radius 2 is 0.889 bits per heavy atom. The molecule has 48 valence electrons. The van der Waals surface area contributed by atoms with Crippen molar-refractivity contribution in [1.29, 1.82) is 0 Å². The molecular weight excluding hydrogens is 212 g/mol. The Bertz CT molecular complexity index is 62.7. The average Bonchev–Trinajstić information content (AvgIpc) is 0.722. The number of rotatable bonds is 0. The van der Waals surface area contributed by atoms with E-state index in [1.807, 2.05) is 0 Å². The topological polar surface area (TPSA) is 77.8 Å². The summed E-state index contributed by atoms with van der Waals surface area (Å²) in [7, 11) is -4.64. The minimum Gasteiger partial charge on any atom is -1.00 e. The van der Waals surface area contributed by atoms with Crippen LogP contribution in [0, 0.1) is 0 Å². The third-order valence-electron chi connectivity index (χ3n) is 0. The van der Waals surface area contributed by atoms with Gasteiger partial charge >= 0.3 is 66.9 Å². The third-order valence-corrected chi connectivity index (χ3v) is 0. The van der Waals surface area contributed by atoms with Gasteiger partial charge < -0.3 is 39.5 Å². The Labute approximate surface area is 109 Å². The fourth-order valence-electron chi connectivity index (χ4n) is 0. The standard InChI is InChI=1S/2ClH.2Na.H3O4P/c;;;;1-5(2,3)4/h2*1H;;;(H3,1,2,3,4)/q;;2*+1;/p-2. The average molecular weight is 215 g/mol. The normalized spacial score (nSPS) is 6.56. The molecule has 0 rings (SSSR count). The zero-order chi connectivity index (χ0) is 4.50. The second kappa shape index (κ2) is 13.3. The third kappa shape index (κ3) is 112. The van der Waals surface area contributed by atoms with Gasteiger partial charge in [0.15, 0.2) is 0 Å². The molecule has 9 heteroatoms. The number of halogens is 2. The van der Waals surface area contributed by atoms with Crippen molar-refractivity contribution in [2.45, 2.75) is 0 Å². The summed E-state index contributed by atoms with van der Waals surface area (Å²) in [5.74, 6) is 0. The molecule has 0 fully saturated rings. The van der Waals surface area contributed by atoms with Crippen molar-refractivity contribution in [3.05, 3.63) is 0 Å². The fraction of sp³-hybridized carbons (Fsp3) is 0. The molecule has 0 bridgehead atoms. The van der Waals surface area contributed by atoms with E-state index in [0.29, 0.717) is 0 Å². The van der Waals surface area contributed by atoms with Crippen LogP contribution in [0.25, 0.3) is 0 Å². The van der Waals surface area contributed by atoms with Gasteiger partial charge in [-0.05, 0) is 0 Å². The van der Waals surface area contributed by atoms with Gasteiger partial charge in [0.2, 0.25) is 0 Å². The molecule has 3 N–H and O–H groups in total. The van der Waals surface area contributed by atoms with Crippen LogP contribution in [0.1, 0.15) is 0 Å². The second-order valence-electron chi connectivity index (χ2n) is 0.513. The van der Waals surface area contributed by atoms with Crippen LogP contribution in [0.3, 0.4) is 0 Å². The summed E-state index contributed by atoms with van der Waals surface area (Å²) in [5, 5.41) is 0. The molecular formula is H3Cl2Na2O4P. The minimum absolute atomic E-state index is 0. The van der Waals surface area contributed by atoms with E-state index < -0.39 is 7.82 Å². The Morgan fingerprint density at radius 1 is 0.889 bits per heavy atom. The van der Waals surface area contributed by atoms with Gasteiger partial charge in [-0.1, -0.05) is 0 Å². The maximum Gasteiger partial charge on any atom is 1.00 e. The van der Waals surface area contributed by atoms with E-state index in [4.69, 9.17) is 19.2 Å². The summed E-state index contributed by atoms with van der Waals surface area (Å²) >= 11 is 0. The molecule has 0 aromatic heterocycles. The SMILES string of the molecule is O=P(O)(O)O.[Cl-].[Cl-].[Na+].[Na+]. The predicted molar refractivity (Wildman–Crippen MR) is 14.3 cm³/mol. The maximum atomic E-state index is 8.88. The van der Waals surface area contributed by atoms with Gasteiger partial charge in [0.1, 0.15) is 0 Å². The molecule has 0 aliphatic carbocycles. The number of hydrogen-bond acceptors (Lipinski definition) is 1. The van der Waals surface area contributed by atoms with Gasteiger partial charge in [0.25, 0.3) is 0 Å². The molecule has 0 unspecified atom stereocenters. The molecule has 0 radical (unpaired) electrons. The summed E-state index contributed by atoms with van der Waals surface area (Å²) in [6, 6.07) is 0. The first-order valence-corrected chi connectivity index (χ1v) is 2.35. The summed E-state index contributed by atoms with van der Waals surface area (Å²) in [4.78, 5) is 21.6. The maximum absolute atomic E-state index is 8.88. The molecule has 0 amide bonds. The van der Waals surface area contributed by atoms with E-state index in [-0.39, 0.29) is 83.9 Å². The van der Waals surface area contributed by atoms with Gasteiger partial charge in [0, 0.05) is 0 Å². The largest absolute Gasteiger partial charge is 1.00 e. The van der Waals surface area contributed by atoms with E-state index in [0.717, 1.165) is 0 Å². The molecule has 0 saturated carbocycles. The van der Waals surface area contributed by atoms with E-state index in [1.165, 1.54) is 0 Å². The molecule has 9 heavy (non-hydrogen) atoms. The van der Waals surface area contributed by atoms with Crippen LogP contribution in [0.15, 0.2) is 0 Å². The molecule has 0 saturated heterocycles. The monoisotopic (exact) mass is 214 g/mol. The summed E-state index contributed by atoms with van der Waals surface area (Å²) in [6.07, 6.45) is 0. The molecule has 0 heterocycles. The Hall–Kier alpha value is 2.69. The second-order valence-corrected chi connectivity index (χ2v) is 1.54. The first-order valence-electron chi connectivity index (χ1n) is 0.783. The van der Waals surface area contributed by atoms with Crippen molar-refractivity contribution in [3.8, 4) is 0 Å². The molecule has 4 nitrogen and oxygen atoms in total. The Balaban J connectivity index is -0.0000000133. The van der Waals surface area contributed by atoms with Crippen molar-refractivity contribution in [1.82, 2.24) is 0 Å². The van der Waals surface area contributed by atoms with Crippen LogP contribution in [-0.2, 0) is 4.57 Å². The fourth-order valence-corrected chi connectivity index (χ4v) is 0.